The van der Waals surface area contributed by atoms with Crippen molar-refractivity contribution in [1.29, 1.82) is 0 Å². The van der Waals surface area contributed by atoms with E-state index in [0.29, 0.717) is 0 Å². The highest BCUT2D eigenvalue weighted by atomic mass is 79.9. The van der Waals surface area contributed by atoms with Crippen LogP contribution < -0.4 is 5.73 Å². The summed E-state index contributed by atoms with van der Waals surface area (Å²) in [5.74, 6) is 0. The van der Waals surface area contributed by atoms with Crippen LogP contribution in [0.1, 0.15) is 11.3 Å². The van der Waals surface area contributed by atoms with E-state index in [1.165, 1.54) is 26.6 Å². The van der Waals surface area contributed by atoms with Gasteiger partial charge in [0.15, 0.2) is 0 Å². The van der Waals surface area contributed by atoms with E-state index < -0.39 is 0 Å². The molecule has 0 saturated carbocycles. The Kier molecular flexibility index (Phi) is 3.07. The van der Waals surface area contributed by atoms with E-state index >= 15 is 0 Å². The van der Waals surface area contributed by atoms with Gasteiger partial charge in [0.05, 0.1) is 0 Å². The van der Waals surface area contributed by atoms with E-state index in [1.807, 2.05) is 18.2 Å². The van der Waals surface area contributed by atoms with Crippen LogP contribution in [0.4, 0.5) is 5.69 Å². The fourth-order valence-corrected chi connectivity index (χ4v) is 3.02. The Balaban J connectivity index is 2.13. The quantitative estimate of drug-likeness (QED) is 0.701. The van der Waals surface area contributed by atoms with Gasteiger partial charge in [-0.1, -0.05) is 30.3 Å². The van der Waals surface area contributed by atoms with Gasteiger partial charge in [0.1, 0.15) is 0 Å². The molecule has 0 fully saturated rings. The number of fused-ring (bicyclic) bond motifs is 1. The Morgan fingerprint density at radius 1 is 1.11 bits per heavy atom. The van der Waals surface area contributed by atoms with Gasteiger partial charge >= 0.3 is 0 Å². The molecule has 2 N–H and O–H groups in total. The van der Waals surface area contributed by atoms with E-state index in [4.69, 9.17) is 5.73 Å². The summed E-state index contributed by atoms with van der Waals surface area (Å²) in [6.45, 7) is 2.97. The minimum Gasteiger partial charge on any atom is -0.399 e. The van der Waals surface area contributed by atoms with Crippen molar-refractivity contribution in [2.24, 2.45) is 0 Å². The minimum atomic E-state index is 0.811. The fraction of sp³-hybridized carbons (Fsp3) is 0.125. The summed E-state index contributed by atoms with van der Waals surface area (Å²) in [6, 6.07) is 16.5. The molecule has 0 amide bonds. The maximum absolute atomic E-state index is 5.85. The predicted octanol–water partition coefficient (Wildman–Crippen LogP) is 4.34. The standard InChI is InChI=1S/C16H15BrN2/c1-11-16(17)14-7-2-3-8-15(14)19(11)10-12-5-4-6-13(18)9-12/h2-9H,10,18H2,1H3. The number of para-hydroxylation sites is 1. The molecule has 0 aliphatic carbocycles. The molecular formula is C16H15BrN2. The molecule has 0 unspecified atom stereocenters. The summed E-state index contributed by atoms with van der Waals surface area (Å²) in [6.07, 6.45) is 0. The zero-order chi connectivity index (χ0) is 13.4. The lowest BCUT2D eigenvalue weighted by molar-refractivity contribution is 0.803. The Bertz CT molecular complexity index is 744. The molecule has 1 aromatic heterocycles. The number of hydrogen-bond acceptors (Lipinski definition) is 1. The third kappa shape index (κ3) is 2.15. The van der Waals surface area contributed by atoms with Crippen molar-refractivity contribution >= 4 is 32.5 Å². The third-order valence-electron chi connectivity index (χ3n) is 3.45. The average Bonchev–Trinajstić information content (AvgIpc) is 2.65. The fourth-order valence-electron chi connectivity index (χ4n) is 2.47. The molecule has 3 heteroatoms. The minimum absolute atomic E-state index is 0.811. The summed E-state index contributed by atoms with van der Waals surface area (Å²) < 4.78 is 3.49. The summed E-state index contributed by atoms with van der Waals surface area (Å²) in [5.41, 5.74) is 10.4. The van der Waals surface area contributed by atoms with Crippen LogP contribution in [0.2, 0.25) is 0 Å². The van der Waals surface area contributed by atoms with Crippen molar-refractivity contribution in [3.8, 4) is 0 Å². The van der Waals surface area contributed by atoms with Crippen LogP contribution in [0.15, 0.2) is 53.0 Å². The van der Waals surface area contributed by atoms with Gasteiger partial charge in [-0.15, -0.1) is 0 Å². The van der Waals surface area contributed by atoms with Gasteiger partial charge in [0.25, 0.3) is 0 Å². The number of rotatable bonds is 2. The third-order valence-corrected chi connectivity index (χ3v) is 4.45. The van der Waals surface area contributed by atoms with Crippen molar-refractivity contribution in [3.63, 3.8) is 0 Å². The van der Waals surface area contributed by atoms with E-state index in [-0.39, 0.29) is 0 Å². The molecule has 3 rings (SSSR count). The molecule has 0 aliphatic rings. The molecule has 0 aliphatic heterocycles. The summed E-state index contributed by atoms with van der Waals surface area (Å²) in [4.78, 5) is 0. The number of nitrogen functional groups attached to an aromatic ring is 1. The Morgan fingerprint density at radius 2 is 1.89 bits per heavy atom. The van der Waals surface area contributed by atoms with Crippen molar-refractivity contribution in [1.82, 2.24) is 4.57 Å². The van der Waals surface area contributed by atoms with Gasteiger partial charge in [0.2, 0.25) is 0 Å². The zero-order valence-electron chi connectivity index (χ0n) is 10.7. The number of nitrogens with zero attached hydrogens (tertiary/aromatic N) is 1. The van der Waals surface area contributed by atoms with Crippen LogP contribution in [0.5, 0.6) is 0 Å². The largest absolute Gasteiger partial charge is 0.399 e. The van der Waals surface area contributed by atoms with Crippen molar-refractivity contribution in [3.05, 3.63) is 64.3 Å². The van der Waals surface area contributed by atoms with Crippen molar-refractivity contribution in [2.75, 3.05) is 5.73 Å². The number of benzene rings is 2. The molecule has 0 radical (unpaired) electrons. The van der Waals surface area contributed by atoms with Gasteiger partial charge in [-0.2, -0.15) is 0 Å². The lowest BCUT2D eigenvalue weighted by Crippen LogP contribution is -2.02. The van der Waals surface area contributed by atoms with E-state index in [2.05, 4.69) is 57.8 Å². The van der Waals surface area contributed by atoms with Crippen LogP contribution in [0.3, 0.4) is 0 Å². The van der Waals surface area contributed by atoms with E-state index in [1.54, 1.807) is 0 Å². The molecule has 96 valence electrons. The second-order valence-electron chi connectivity index (χ2n) is 4.75. The molecule has 1 heterocycles. The van der Waals surface area contributed by atoms with Crippen LogP contribution in [-0.2, 0) is 6.54 Å². The SMILES string of the molecule is Cc1c(Br)c2ccccc2n1Cc1cccc(N)c1. The summed E-state index contributed by atoms with van der Waals surface area (Å²) in [7, 11) is 0. The molecule has 0 saturated heterocycles. The van der Waals surface area contributed by atoms with E-state index in [9.17, 15) is 0 Å². The second-order valence-corrected chi connectivity index (χ2v) is 5.54. The first-order valence-electron chi connectivity index (χ1n) is 6.24. The molecule has 0 spiro atoms. The first-order valence-corrected chi connectivity index (χ1v) is 7.04. The number of halogens is 1. The Labute approximate surface area is 121 Å². The maximum Gasteiger partial charge on any atom is 0.0497 e. The summed E-state index contributed by atoms with van der Waals surface area (Å²) in [5, 5.41) is 1.25. The van der Waals surface area contributed by atoms with Gasteiger partial charge in [0, 0.05) is 33.3 Å². The highest BCUT2D eigenvalue weighted by Gasteiger charge is 2.11. The lowest BCUT2D eigenvalue weighted by atomic mass is 10.2. The molecule has 19 heavy (non-hydrogen) atoms. The zero-order valence-corrected chi connectivity index (χ0v) is 12.3. The highest BCUT2D eigenvalue weighted by Crippen LogP contribution is 2.31. The Hall–Kier alpha value is -1.74. The lowest BCUT2D eigenvalue weighted by Gasteiger charge is -2.09. The average molecular weight is 315 g/mol. The molecule has 0 atom stereocenters. The van der Waals surface area contributed by atoms with Crippen LogP contribution >= 0.6 is 15.9 Å². The predicted molar refractivity (Wildman–Crippen MR) is 84.3 cm³/mol. The van der Waals surface area contributed by atoms with Crippen molar-refractivity contribution < 1.29 is 0 Å². The summed E-state index contributed by atoms with van der Waals surface area (Å²) >= 11 is 3.68. The van der Waals surface area contributed by atoms with Crippen molar-refractivity contribution in [2.45, 2.75) is 13.5 Å². The number of hydrogen-bond donors (Lipinski definition) is 1. The van der Waals surface area contributed by atoms with Crippen LogP contribution in [0, 0.1) is 6.92 Å². The monoisotopic (exact) mass is 314 g/mol. The first-order chi connectivity index (χ1) is 9.16. The maximum atomic E-state index is 5.85. The Morgan fingerprint density at radius 3 is 2.68 bits per heavy atom. The number of nitrogens with two attached hydrogens (primary N) is 1. The highest BCUT2D eigenvalue weighted by molar-refractivity contribution is 9.10. The van der Waals surface area contributed by atoms with Crippen LogP contribution in [0.25, 0.3) is 10.9 Å². The topological polar surface area (TPSA) is 30.9 Å². The molecule has 2 aromatic carbocycles. The molecule has 3 aromatic rings. The van der Waals surface area contributed by atoms with Gasteiger partial charge in [-0.05, 0) is 46.6 Å². The molecule has 0 bridgehead atoms. The normalized spacial score (nSPS) is 11.1. The first kappa shape index (κ1) is 12.3. The smallest absolute Gasteiger partial charge is 0.0497 e. The van der Waals surface area contributed by atoms with Gasteiger partial charge < -0.3 is 10.3 Å². The second kappa shape index (κ2) is 4.74. The van der Waals surface area contributed by atoms with E-state index in [0.717, 1.165) is 12.2 Å². The molecule has 2 nitrogen and oxygen atoms in total. The number of aromatic nitrogens is 1. The van der Waals surface area contributed by atoms with Crippen LogP contribution in [-0.4, -0.2) is 4.57 Å². The molecular weight excluding hydrogens is 300 g/mol. The number of anilines is 1. The van der Waals surface area contributed by atoms with Gasteiger partial charge in [-0.3, -0.25) is 0 Å². The van der Waals surface area contributed by atoms with Gasteiger partial charge in [-0.25, -0.2) is 0 Å².